The maximum absolute atomic E-state index is 12.7. The van der Waals surface area contributed by atoms with Gasteiger partial charge in [0.05, 0.1) is 11.1 Å². The number of aromatic nitrogens is 3. The van der Waals surface area contributed by atoms with Gasteiger partial charge in [-0.05, 0) is 44.4 Å². The SMILES string of the molecule is CCc1nccn1CCCNC(=O)c1cc(C)nc2c(C)c(C)ccc12. The summed E-state index contributed by atoms with van der Waals surface area (Å²) in [5.41, 5.74) is 4.80. The number of imidazole rings is 1. The molecule has 2 heterocycles. The van der Waals surface area contributed by atoms with Crippen molar-refractivity contribution in [1.29, 1.82) is 0 Å². The Morgan fingerprint density at radius 3 is 2.81 bits per heavy atom. The zero-order valence-corrected chi connectivity index (χ0v) is 16.0. The number of fused-ring (bicyclic) bond motifs is 1. The summed E-state index contributed by atoms with van der Waals surface area (Å²) in [6.07, 6.45) is 5.61. The Kier molecular flexibility index (Phi) is 5.35. The van der Waals surface area contributed by atoms with Crippen LogP contribution < -0.4 is 5.32 Å². The highest BCUT2D eigenvalue weighted by atomic mass is 16.1. The fourth-order valence-electron chi connectivity index (χ4n) is 3.25. The van der Waals surface area contributed by atoms with Crippen molar-refractivity contribution in [2.24, 2.45) is 0 Å². The van der Waals surface area contributed by atoms with Gasteiger partial charge in [-0.1, -0.05) is 19.1 Å². The smallest absolute Gasteiger partial charge is 0.252 e. The zero-order chi connectivity index (χ0) is 18.7. The van der Waals surface area contributed by atoms with Crippen LogP contribution in [0.15, 0.2) is 30.6 Å². The molecular weight excluding hydrogens is 324 g/mol. The molecule has 1 aromatic carbocycles. The van der Waals surface area contributed by atoms with Crippen LogP contribution in [-0.2, 0) is 13.0 Å². The Balaban J connectivity index is 1.71. The van der Waals surface area contributed by atoms with Gasteiger partial charge in [-0.25, -0.2) is 4.98 Å². The lowest BCUT2D eigenvalue weighted by Gasteiger charge is -2.12. The van der Waals surface area contributed by atoms with Crippen LogP contribution in [0.2, 0.25) is 0 Å². The third-order valence-electron chi connectivity index (χ3n) is 4.86. The normalized spacial score (nSPS) is 11.1. The fourth-order valence-corrected chi connectivity index (χ4v) is 3.25. The summed E-state index contributed by atoms with van der Waals surface area (Å²) in [5.74, 6) is 1.04. The Morgan fingerprint density at radius 1 is 1.23 bits per heavy atom. The van der Waals surface area contributed by atoms with Crippen molar-refractivity contribution in [2.45, 2.75) is 47.1 Å². The molecule has 5 nitrogen and oxygen atoms in total. The summed E-state index contributed by atoms with van der Waals surface area (Å²) in [4.78, 5) is 21.7. The van der Waals surface area contributed by atoms with Gasteiger partial charge in [-0.3, -0.25) is 9.78 Å². The second kappa shape index (κ2) is 7.68. The number of carbonyl (C=O) groups is 1. The molecule has 1 N–H and O–H groups in total. The summed E-state index contributed by atoms with van der Waals surface area (Å²) >= 11 is 0. The van der Waals surface area contributed by atoms with E-state index in [0.29, 0.717) is 12.1 Å². The van der Waals surface area contributed by atoms with E-state index in [2.05, 4.69) is 46.7 Å². The first kappa shape index (κ1) is 18.1. The van der Waals surface area contributed by atoms with Crippen LogP contribution in [0, 0.1) is 20.8 Å². The van der Waals surface area contributed by atoms with Gasteiger partial charge in [-0.15, -0.1) is 0 Å². The lowest BCUT2D eigenvalue weighted by atomic mass is 10.0. The highest BCUT2D eigenvalue weighted by Crippen LogP contribution is 2.24. The molecule has 136 valence electrons. The molecule has 3 aromatic rings. The molecule has 0 atom stereocenters. The predicted molar refractivity (Wildman–Crippen MR) is 105 cm³/mol. The number of hydrogen-bond acceptors (Lipinski definition) is 3. The Hall–Kier alpha value is -2.69. The number of hydrogen-bond donors (Lipinski definition) is 1. The van der Waals surface area contributed by atoms with Crippen LogP contribution in [0.5, 0.6) is 0 Å². The lowest BCUT2D eigenvalue weighted by molar-refractivity contribution is 0.0954. The van der Waals surface area contributed by atoms with Crippen molar-refractivity contribution in [3.05, 3.63) is 58.8 Å². The van der Waals surface area contributed by atoms with Crippen LogP contribution in [0.1, 0.15) is 46.3 Å². The van der Waals surface area contributed by atoms with Crippen LogP contribution in [0.4, 0.5) is 0 Å². The molecule has 3 rings (SSSR count). The molecule has 0 saturated heterocycles. The van der Waals surface area contributed by atoms with Gasteiger partial charge in [0.1, 0.15) is 5.82 Å². The fraction of sp³-hybridized carbons (Fsp3) is 0.381. The minimum Gasteiger partial charge on any atom is -0.352 e. The molecule has 0 radical (unpaired) electrons. The Bertz CT molecular complexity index is 943. The number of amides is 1. The summed E-state index contributed by atoms with van der Waals surface area (Å²) < 4.78 is 2.14. The van der Waals surface area contributed by atoms with E-state index >= 15 is 0 Å². The number of aryl methyl sites for hydroxylation is 5. The number of carbonyl (C=O) groups excluding carboxylic acids is 1. The average molecular weight is 350 g/mol. The molecule has 0 saturated carbocycles. The Morgan fingerprint density at radius 2 is 2.04 bits per heavy atom. The maximum Gasteiger partial charge on any atom is 0.252 e. The van der Waals surface area contributed by atoms with Crippen LogP contribution in [0.25, 0.3) is 10.9 Å². The van der Waals surface area contributed by atoms with Crippen molar-refractivity contribution in [3.63, 3.8) is 0 Å². The van der Waals surface area contributed by atoms with Gasteiger partial charge < -0.3 is 9.88 Å². The Labute approximate surface area is 154 Å². The third-order valence-corrected chi connectivity index (χ3v) is 4.86. The first-order valence-electron chi connectivity index (χ1n) is 9.17. The van der Waals surface area contributed by atoms with Crippen molar-refractivity contribution >= 4 is 16.8 Å². The maximum atomic E-state index is 12.7. The molecule has 2 aromatic heterocycles. The van der Waals surface area contributed by atoms with E-state index in [1.54, 1.807) is 0 Å². The molecule has 0 aliphatic rings. The minimum absolute atomic E-state index is 0.0369. The van der Waals surface area contributed by atoms with E-state index in [-0.39, 0.29) is 5.91 Å². The minimum atomic E-state index is -0.0369. The highest BCUT2D eigenvalue weighted by molar-refractivity contribution is 6.07. The van der Waals surface area contributed by atoms with Crippen molar-refractivity contribution in [1.82, 2.24) is 19.9 Å². The number of pyridine rings is 1. The number of rotatable bonds is 6. The zero-order valence-electron chi connectivity index (χ0n) is 16.0. The predicted octanol–water partition coefficient (Wildman–Crippen LogP) is 3.74. The average Bonchev–Trinajstić information content (AvgIpc) is 3.09. The molecule has 0 fully saturated rings. The van der Waals surface area contributed by atoms with Crippen LogP contribution >= 0.6 is 0 Å². The highest BCUT2D eigenvalue weighted by Gasteiger charge is 2.13. The quantitative estimate of drug-likeness (QED) is 0.689. The van der Waals surface area contributed by atoms with Gasteiger partial charge in [0, 0.05) is 43.0 Å². The molecule has 5 heteroatoms. The molecular formula is C21H26N4O. The monoisotopic (exact) mass is 350 g/mol. The van der Waals surface area contributed by atoms with Crippen LogP contribution in [0.3, 0.4) is 0 Å². The number of nitrogens with one attached hydrogen (secondary N) is 1. The lowest BCUT2D eigenvalue weighted by Crippen LogP contribution is -2.26. The van der Waals surface area contributed by atoms with Crippen molar-refractivity contribution < 1.29 is 4.79 Å². The van der Waals surface area contributed by atoms with E-state index in [1.807, 2.05) is 31.5 Å². The molecule has 0 bridgehead atoms. The van der Waals surface area contributed by atoms with Crippen LogP contribution in [-0.4, -0.2) is 27.0 Å². The standard InChI is InChI=1S/C21H26N4O/c1-5-19-22-10-12-25(19)11-6-9-23-21(26)18-13-15(3)24-20-16(4)14(2)7-8-17(18)20/h7-8,10,12-13H,5-6,9,11H2,1-4H3,(H,23,26). The van der Waals surface area contributed by atoms with E-state index in [4.69, 9.17) is 0 Å². The van der Waals surface area contributed by atoms with Gasteiger partial charge >= 0.3 is 0 Å². The molecule has 0 aliphatic heterocycles. The number of nitrogens with zero attached hydrogens (tertiary/aromatic N) is 3. The third kappa shape index (κ3) is 3.62. The molecule has 0 spiro atoms. The molecule has 1 amide bonds. The van der Waals surface area contributed by atoms with Crippen molar-refractivity contribution in [2.75, 3.05) is 6.54 Å². The van der Waals surface area contributed by atoms with E-state index in [1.165, 1.54) is 5.56 Å². The first-order valence-corrected chi connectivity index (χ1v) is 9.17. The first-order chi connectivity index (χ1) is 12.5. The number of benzene rings is 1. The summed E-state index contributed by atoms with van der Waals surface area (Å²) in [7, 11) is 0. The second-order valence-electron chi connectivity index (χ2n) is 6.71. The summed E-state index contributed by atoms with van der Waals surface area (Å²) in [6, 6.07) is 5.92. The molecule has 0 aliphatic carbocycles. The van der Waals surface area contributed by atoms with E-state index < -0.39 is 0 Å². The summed E-state index contributed by atoms with van der Waals surface area (Å²) in [5, 5.41) is 3.97. The van der Waals surface area contributed by atoms with Gasteiger partial charge in [0.15, 0.2) is 0 Å². The van der Waals surface area contributed by atoms with Crippen molar-refractivity contribution in [3.8, 4) is 0 Å². The van der Waals surface area contributed by atoms with E-state index in [0.717, 1.165) is 47.4 Å². The van der Waals surface area contributed by atoms with Gasteiger partial charge in [0.2, 0.25) is 0 Å². The largest absolute Gasteiger partial charge is 0.352 e. The summed E-state index contributed by atoms with van der Waals surface area (Å²) in [6.45, 7) is 9.65. The van der Waals surface area contributed by atoms with E-state index in [9.17, 15) is 4.79 Å². The van der Waals surface area contributed by atoms with Gasteiger partial charge in [0.25, 0.3) is 5.91 Å². The molecule has 0 unspecified atom stereocenters. The second-order valence-corrected chi connectivity index (χ2v) is 6.71. The topological polar surface area (TPSA) is 59.8 Å². The van der Waals surface area contributed by atoms with Gasteiger partial charge in [-0.2, -0.15) is 0 Å². The molecule has 26 heavy (non-hydrogen) atoms.